The topological polar surface area (TPSA) is 316 Å². The highest BCUT2D eigenvalue weighted by molar-refractivity contribution is 5.94. The van der Waals surface area contributed by atoms with Crippen LogP contribution < -0.4 is 37.6 Å². The summed E-state index contributed by atoms with van der Waals surface area (Å²) in [6, 6.07) is -4.58. The first-order chi connectivity index (χ1) is 17.8. The number of nitrogens with two attached hydrogens (primary N) is 1. The standard InChI is InChI=1S/C19H31N7O12/c20-3-12(29)21-4-13(30)25-10(7-27)17(35)23-6-15(32)26-11(8-28)18(36)22-5-14(31)24-9(19(37)38)1-2-16(33)34/h9-11,27-28H,1-8,20H2,(H,21,29)(H,22,36)(H,23,35)(H,24,31)(H,25,30)(H,26,32)(H,33,34)(H,37,38)/t9-,10-,11-/m0/s1. The molecule has 19 heteroatoms. The van der Waals surface area contributed by atoms with Gasteiger partial charge in [-0.05, 0) is 6.42 Å². The largest absolute Gasteiger partial charge is 0.481 e. The van der Waals surface area contributed by atoms with Crippen LogP contribution in [0.15, 0.2) is 0 Å². The second kappa shape index (κ2) is 18.0. The minimum absolute atomic E-state index is 0.369. The highest BCUT2D eigenvalue weighted by atomic mass is 16.4. The second-order valence-corrected chi connectivity index (χ2v) is 7.41. The van der Waals surface area contributed by atoms with Gasteiger partial charge < -0.3 is 58.1 Å². The fourth-order valence-electron chi connectivity index (χ4n) is 2.48. The molecule has 0 aromatic rings. The maximum absolute atomic E-state index is 12.1. The number of rotatable bonds is 18. The highest BCUT2D eigenvalue weighted by Gasteiger charge is 2.25. The van der Waals surface area contributed by atoms with Gasteiger partial charge >= 0.3 is 11.9 Å². The summed E-state index contributed by atoms with van der Waals surface area (Å²) in [6.07, 6.45) is -0.936. The normalized spacial score (nSPS) is 12.6. The van der Waals surface area contributed by atoms with Crippen molar-refractivity contribution in [2.45, 2.75) is 31.0 Å². The summed E-state index contributed by atoms with van der Waals surface area (Å²) in [4.78, 5) is 92.5. The molecule has 0 spiro atoms. The van der Waals surface area contributed by atoms with E-state index in [1.807, 2.05) is 10.6 Å². The summed E-state index contributed by atoms with van der Waals surface area (Å²) in [5, 5.41) is 48.7. The van der Waals surface area contributed by atoms with Crippen LogP contribution in [0, 0.1) is 0 Å². The van der Waals surface area contributed by atoms with Gasteiger partial charge in [0.1, 0.15) is 18.1 Å². The number of aliphatic hydroxyl groups excluding tert-OH is 2. The fourth-order valence-corrected chi connectivity index (χ4v) is 2.48. The lowest BCUT2D eigenvalue weighted by Gasteiger charge is -2.19. The second-order valence-electron chi connectivity index (χ2n) is 7.41. The van der Waals surface area contributed by atoms with E-state index in [0.717, 1.165) is 0 Å². The lowest BCUT2D eigenvalue weighted by molar-refractivity contribution is -0.143. The third kappa shape index (κ3) is 14.3. The van der Waals surface area contributed by atoms with Gasteiger partial charge in [0.05, 0.1) is 39.4 Å². The Hall–Kier alpha value is -4.36. The molecule has 0 unspecified atom stereocenters. The average Bonchev–Trinajstić information content (AvgIpc) is 2.87. The number of hydrogen-bond donors (Lipinski definition) is 11. The Morgan fingerprint density at radius 3 is 1.34 bits per heavy atom. The van der Waals surface area contributed by atoms with Gasteiger partial charge in [-0.1, -0.05) is 0 Å². The molecule has 0 aromatic heterocycles. The van der Waals surface area contributed by atoms with Crippen molar-refractivity contribution in [3.63, 3.8) is 0 Å². The zero-order valence-electron chi connectivity index (χ0n) is 20.0. The number of aliphatic hydroxyl groups is 2. The summed E-state index contributed by atoms with van der Waals surface area (Å²) >= 11 is 0. The van der Waals surface area contributed by atoms with Crippen molar-refractivity contribution in [3.8, 4) is 0 Å². The van der Waals surface area contributed by atoms with Crippen LogP contribution in [0.1, 0.15) is 12.8 Å². The third-order valence-electron chi connectivity index (χ3n) is 4.43. The van der Waals surface area contributed by atoms with Crippen molar-refractivity contribution >= 4 is 47.4 Å². The van der Waals surface area contributed by atoms with Gasteiger partial charge in [-0.3, -0.25) is 33.6 Å². The lowest BCUT2D eigenvalue weighted by atomic mass is 10.1. The third-order valence-corrected chi connectivity index (χ3v) is 4.43. The molecule has 0 aliphatic rings. The van der Waals surface area contributed by atoms with Gasteiger partial charge in [0, 0.05) is 6.42 Å². The predicted octanol–water partition coefficient (Wildman–Crippen LogP) is -7.32. The van der Waals surface area contributed by atoms with Crippen molar-refractivity contribution in [2.24, 2.45) is 5.73 Å². The van der Waals surface area contributed by atoms with Crippen molar-refractivity contribution in [3.05, 3.63) is 0 Å². The number of carboxylic acid groups (broad SMARTS) is 2. The number of carbonyl (C=O) groups is 8. The Morgan fingerprint density at radius 1 is 0.605 bits per heavy atom. The SMILES string of the molecule is NCC(=O)NCC(=O)N[C@@H](CO)C(=O)NCC(=O)N[C@@H](CO)C(=O)NCC(=O)N[C@@H](CCC(=O)O)C(=O)O. The zero-order valence-corrected chi connectivity index (χ0v) is 20.0. The van der Waals surface area contributed by atoms with E-state index in [1.165, 1.54) is 0 Å². The molecule has 12 N–H and O–H groups in total. The Bertz CT molecular complexity index is 897. The van der Waals surface area contributed by atoms with E-state index >= 15 is 0 Å². The van der Waals surface area contributed by atoms with E-state index in [4.69, 9.17) is 15.9 Å². The van der Waals surface area contributed by atoms with Gasteiger partial charge in [-0.25, -0.2) is 4.79 Å². The van der Waals surface area contributed by atoms with Gasteiger partial charge in [0.2, 0.25) is 35.4 Å². The molecule has 0 aliphatic heterocycles. The van der Waals surface area contributed by atoms with Gasteiger partial charge in [0.15, 0.2) is 0 Å². The summed E-state index contributed by atoms with van der Waals surface area (Å²) < 4.78 is 0. The van der Waals surface area contributed by atoms with Gasteiger partial charge in [-0.2, -0.15) is 0 Å². The van der Waals surface area contributed by atoms with Crippen LogP contribution in [0.25, 0.3) is 0 Å². The molecular formula is C19H31N7O12. The highest BCUT2D eigenvalue weighted by Crippen LogP contribution is 1.98. The smallest absolute Gasteiger partial charge is 0.326 e. The molecule has 0 radical (unpaired) electrons. The average molecular weight is 549 g/mol. The van der Waals surface area contributed by atoms with Gasteiger partial charge in [-0.15, -0.1) is 0 Å². The van der Waals surface area contributed by atoms with Crippen LogP contribution in [0.3, 0.4) is 0 Å². The first-order valence-electron chi connectivity index (χ1n) is 10.9. The molecule has 0 saturated carbocycles. The molecule has 0 bridgehead atoms. The molecule has 6 amide bonds. The van der Waals surface area contributed by atoms with E-state index in [-0.39, 0.29) is 6.54 Å². The zero-order chi connectivity index (χ0) is 29.3. The predicted molar refractivity (Wildman–Crippen MR) is 123 cm³/mol. The van der Waals surface area contributed by atoms with Crippen LogP contribution >= 0.6 is 0 Å². The Labute approximate surface area is 214 Å². The van der Waals surface area contributed by atoms with E-state index in [0.29, 0.717) is 0 Å². The summed E-state index contributed by atoms with van der Waals surface area (Å²) in [5.41, 5.74) is 5.06. The fraction of sp³-hybridized carbons (Fsp3) is 0.579. The quantitative estimate of drug-likeness (QED) is 0.0757. The van der Waals surface area contributed by atoms with E-state index in [9.17, 15) is 48.6 Å². The van der Waals surface area contributed by atoms with Crippen molar-refractivity contribution in [1.82, 2.24) is 31.9 Å². The van der Waals surface area contributed by atoms with Crippen LogP contribution in [0.5, 0.6) is 0 Å². The van der Waals surface area contributed by atoms with E-state index < -0.39 is 111 Å². The van der Waals surface area contributed by atoms with Crippen LogP contribution in [0.2, 0.25) is 0 Å². The molecule has 38 heavy (non-hydrogen) atoms. The summed E-state index contributed by atoms with van der Waals surface area (Å²) in [7, 11) is 0. The van der Waals surface area contributed by atoms with E-state index in [2.05, 4.69) is 21.3 Å². The van der Waals surface area contributed by atoms with Crippen molar-refractivity contribution in [2.75, 3.05) is 39.4 Å². The Kier molecular flexibility index (Phi) is 15.9. The number of aliphatic carboxylic acids is 2. The molecule has 0 rings (SSSR count). The monoisotopic (exact) mass is 549 g/mol. The Morgan fingerprint density at radius 2 is 1.00 bits per heavy atom. The number of carboxylic acids is 2. The molecule has 214 valence electrons. The van der Waals surface area contributed by atoms with Gasteiger partial charge in [0.25, 0.3) is 0 Å². The first-order valence-corrected chi connectivity index (χ1v) is 10.9. The van der Waals surface area contributed by atoms with Crippen molar-refractivity contribution < 1.29 is 58.8 Å². The molecule has 0 heterocycles. The summed E-state index contributed by atoms with van der Waals surface area (Å²) in [6.45, 7) is -4.18. The Balaban J connectivity index is 4.64. The van der Waals surface area contributed by atoms with Crippen LogP contribution in [-0.4, -0.2) is 125 Å². The van der Waals surface area contributed by atoms with Crippen LogP contribution in [-0.2, 0) is 38.4 Å². The summed E-state index contributed by atoms with van der Waals surface area (Å²) in [5.74, 6) is -8.22. The van der Waals surface area contributed by atoms with Crippen LogP contribution in [0.4, 0.5) is 0 Å². The first kappa shape index (κ1) is 33.6. The van der Waals surface area contributed by atoms with E-state index in [1.54, 1.807) is 0 Å². The molecule has 0 saturated heterocycles. The maximum Gasteiger partial charge on any atom is 0.326 e. The molecular weight excluding hydrogens is 518 g/mol. The molecule has 0 aromatic carbocycles. The molecule has 0 aliphatic carbocycles. The minimum Gasteiger partial charge on any atom is -0.481 e. The maximum atomic E-state index is 12.1. The van der Waals surface area contributed by atoms with Crippen molar-refractivity contribution in [1.29, 1.82) is 0 Å². The number of hydrogen-bond acceptors (Lipinski definition) is 11. The molecule has 3 atom stereocenters. The minimum atomic E-state index is -1.58. The molecule has 0 fully saturated rings. The molecule has 19 nitrogen and oxygen atoms in total. The number of amides is 6. The number of nitrogens with one attached hydrogen (secondary N) is 6. The number of carbonyl (C=O) groups excluding carboxylic acids is 6. The lowest BCUT2D eigenvalue weighted by Crippen LogP contribution is -2.55.